The lowest BCUT2D eigenvalue weighted by Crippen LogP contribution is -2.27. The smallest absolute Gasteiger partial charge is 0.0681 e. The average Bonchev–Trinajstić information content (AvgIpc) is 2.17. The SMILES string of the molecule is NC1CCC1.OCc1ccccc1. The van der Waals surface area contributed by atoms with Crippen molar-refractivity contribution >= 4 is 0 Å². The van der Waals surface area contributed by atoms with Gasteiger partial charge in [0.25, 0.3) is 0 Å². The van der Waals surface area contributed by atoms with Crippen molar-refractivity contribution in [2.75, 3.05) is 0 Å². The second kappa shape index (κ2) is 5.73. The van der Waals surface area contributed by atoms with Crippen LogP contribution < -0.4 is 5.73 Å². The van der Waals surface area contributed by atoms with Gasteiger partial charge in [0.15, 0.2) is 0 Å². The van der Waals surface area contributed by atoms with Crippen molar-refractivity contribution in [2.45, 2.75) is 31.9 Å². The predicted molar refractivity (Wildman–Crippen MR) is 54.2 cm³/mol. The normalized spacial score (nSPS) is 15.5. The summed E-state index contributed by atoms with van der Waals surface area (Å²) in [4.78, 5) is 0. The van der Waals surface area contributed by atoms with E-state index in [9.17, 15) is 0 Å². The first-order chi connectivity index (χ1) is 6.33. The Labute approximate surface area is 79.4 Å². The standard InChI is InChI=1S/C7H8O.C4H9N/c8-6-7-4-2-1-3-5-7;5-4-2-1-3-4/h1-5,8H,6H2;4H,1-3,5H2. The van der Waals surface area contributed by atoms with Crippen LogP contribution >= 0.6 is 0 Å². The van der Waals surface area contributed by atoms with Crippen LogP contribution in [0.15, 0.2) is 30.3 Å². The zero-order valence-corrected chi connectivity index (χ0v) is 7.82. The van der Waals surface area contributed by atoms with Crippen LogP contribution in [0.1, 0.15) is 24.8 Å². The summed E-state index contributed by atoms with van der Waals surface area (Å²) in [6, 6.07) is 10.1. The fraction of sp³-hybridized carbons (Fsp3) is 0.455. The van der Waals surface area contributed by atoms with Gasteiger partial charge in [0, 0.05) is 6.04 Å². The van der Waals surface area contributed by atoms with E-state index in [0.29, 0.717) is 6.04 Å². The molecule has 0 saturated heterocycles. The summed E-state index contributed by atoms with van der Waals surface area (Å²) < 4.78 is 0. The van der Waals surface area contributed by atoms with E-state index in [2.05, 4.69) is 0 Å². The van der Waals surface area contributed by atoms with Gasteiger partial charge in [-0.2, -0.15) is 0 Å². The number of hydrogen-bond donors (Lipinski definition) is 2. The molecule has 13 heavy (non-hydrogen) atoms. The van der Waals surface area contributed by atoms with E-state index in [1.54, 1.807) is 0 Å². The molecule has 2 heteroatoms. The Kier molecular flexibility index (Phi) is 4.50. The Morgan fingerprint density at radius 1 is 1.23 bits per heavy atom. The maximum absolute atomic E-state index is 8.54. The Hall–Kier alpha value is -0.860. The van der Waals surface area contributed by atoms with Crippen LogP contribution in [0.25, 0.3) is 0 Å². The molecule has 1 aromatic carbocycles. The molecule has 0 amide bonds. The van der Waals surface area contributed by atoms with E-state index in [0.717, 1.165) is 5.56 Å². The minimum Gasteiger partial charge on any atom is -0.392 e. The molecule has 0 unspecified atom stereocenters. The fourth-order valence-corrected chi connectivity index (χ4v) is 1.02. The van der Waals surface area contributed by atoms with Crippen molar-refractivity contribution in [3.8, 4) is 0 Å². The zero-order chi connectivity index (χ0) is 9.52. The molecular formula is C11H17NO. The molecule has 3 N–H and O–H groups in total. The second-order valence-electron chi connectivity index (χ2n) is 3.33. The Bertz CT molecular complexity index is 219. The molecule has 2 nitrogen and oxygen atoms in total. The third-order valence-electron chi connectivity index (χ3n) is 2.18. The Balaban J connectivity index is 0.000000145. The molecule has 1 aromatic rings. The molecule has 0 aromatic heterocycles. The minimum absolute atomic E-state index is 0.140. The highest BCUT2D eigenvalue weighted by Gasteiger charge is 2.09. The molecule has 0 atom stereocenters. The van der Waals surface area contributed by atoms with Crippen molar-refractivity contribution in [1.82, 2.24) is 0 Å². The van der Waals surface area contributed by atoms with E-state index in [1.165, 1.54) is 19.3 Å². The number of benzene rings is 1. The first-order valence-electron chi connectivity index (χ1n) is 4.73. The van der Waals surface area contributed by atoms with Crippen LogP contribution in [0.5, 0.6) is 0 Å². The van der Waals surface area contributed by atoms with E-state index in [-0.39, 0.29) is 6.61 Å². The molecule has 0 spiro atoms. The molecule has 1 fully saturated rings. The molecule has 0 heterocycles. The number of nitrogens with two attached hydrogens (primary N) is 1. The van der Waals surface area contributed by atoms with Crippen molar-refractivity contribution in [3.63, 3.8) is 0 Å². The maximum Gasteiger partial charge on any atom is 0.0681 e. The Morgan fingerprint density at radius 3 is 2.00 bits per heavy atom. The van der Waals surface area contributed by atoms with Gasteiger partial charge in [-0.1, -0.05) is 36.8 Å². The average molecular weight is 179 g/mol. The largest absolute Gasteiger partial charge is 0.392 e. The third kappa shape index (κ3) is 4.06. The molecule has 1 saturated carbocycles. The summed E-state index contributed by atoms with van der Waals surface area (Å²) >= 11 is 0. The van der Waals surface area contributed by atoms with Gasteiger partial charge in [0.05, 0.1) is 6.61 Å². The molecule has 1 aliphatic carbocycles. The molecule has 0 bridgehead atoms. The summed E-state index contributed by atoms with van der Waals surface area (Å²) in [5, 5.41) is 8.54. The number of hydrogen-bond acceptors (Lipinski definition) is 2. The molecule has 1 aliphatic rings. The third-order valence-corrected chi connectivity index (χ3v) is 2.18. The predicted octanol–water partition coefficient (Wildman–Crippen LogP) is 1.68. The molecule has 0 aliphatic heterocycles. The van der Waals surface area contributed by atoms with Gasteiger partial charge in [-0.25, -0.2) is 0 Å². The Morgan fingerprint density at radius 2 is 1.77 bits per heavy atom. The van der Waals surface area contributed by atoms with Crippen LogP contribution in [0.3, 0.4) is 0 Å². The van der Waals surface area contributed by atoms with Crippen LogP contribution in [-0.2, 0) is 6.61 Å². The monoisotopic (exact) mass is 179 g/mol. The molecule has 0 radical (unpaired) electrons. The van der Waals surface area contributed by atoms with E-state index in [1.807, 2.05) is 30.3 Å². The van der Waals surface area contributed by atoms with Crippen LogP contribution in [-0.4, -0.2) is 11.1 Å². The maximum atomic E-state index is 8.54. The first-order valence-corrected chi connectivity index (χ1v) is 4.73. The summed E-state index contributed by atoms with van der Waals surface area (Å²) in [5.74, 6) is 0. The molecule has 2 rings (SSSR count). The van der Waals surface area contributed by atoms with Gasteiger partial charge in [-0.05, 0) is 18.4 Å². The van der Waals surface area contributed by atoms with Gasteiger partial charge >= 0.3 is 0 Å². The van der Waals surface area contributed by atoms with Crippen molar-refractivity contribution in [3.05, 3.63) is 35.9 Å². The molecule has 72 valence electrons. The quantitative estimate of drug-likeness (QED) is 0.689. The summed E-state index contributed by atoms with van der Waals surface area (Å²) in [6.45, 7) is 0.140. The first kappa shape index (κ1) is 10.2. The van der Waals surface area contributed by atoms with Crippen molar-refractivity contribution in [1.29, 1.82) is 0 Å². The van der Waals surface area contributed by atoms with E-state index < -0.39 is 0 Å². The fourth-order valence-electron chi connectivity index (χ4n) is 1.02. The van der Waals surface area contributed by atoms with Crippen LogP contribution in [0.4, 0.5) is 0 Å². The number of aliphatic hydroxyl groups excluding tert-OH is 1. The van der Waals surface area contributed by atoms with Crippen LogP contribution in [0.2, 0.25) is 0 Å². The molecular weight excluding hydrogens is 162 g/mol. The van der Waals surface area contributed by atoms with Gasteiger partial charge in [0.2, 0.25) is 0 Å². The van der Waals surface area contributed by atoms with Crippen molar-refractivity contribution < 1.29 is 5.11 Å². The highest BCUT2D eigenvalue weighted by Crippen LogP contribution is 2.14. The summed E-state index contributed by atoms with van der Waals surface area (Å²) in [5.41, 5.74) is 6.34. The number of rotatable bonds is 1. The topological polar surface area (TPSA) is 46.2 Å². The highest BCUT2D eigenvalue weighted by molar-refractivity contribution is 5.12. The minimum atomic E-state index is 0.140. The van der Waals surface area contributed by atoms with E-state index in [4.69, 9.17) is 10.8 Å². The van der Waals surface area contributed by atoms with Crippen molar-refractivity contribution in [2.24, 2.45) is 5.73 Å². The second-order valence-corrected chi connectivity index (χ2v) is 3.33. The zero-order valence-electron chi connectivity index (χ0n) is 7.82. The highest BCUT2D eigenvalue weighted by atomic mass is 16.3. The van der Waals surface area contributed by atoms with Gasteiger partial charge in [-0.15, -0.1) is 0 Å². The van der Waals surface area contributed by atoms with E-state index >= 15 is 0 Å². The van der Waals surface area contributed by atoms with Gasteiger partial charge in [-0.3, -0.25) is 0 Å². The summed E-state index contributed by atoms with van der Waals surface area (Å²) in [7, 11) is 0. The lowest BCUT2D eigenvalue weighted by molar-refractivity contribution is 0.282. The number of aliphatic hydroxyl groups is 1. The lowest BCUT2D eigenvalue weighted by Gasteiger charge is -2.18. The van der Waals surface area contributed by atoms with Gasteiger partial charge in [0.1, 0.15) is 0 Å². The summed E-state index contributed by atoms with van der Waals surface area (Å²) in [6.07, 6.45) is 3.89. The lowest BCUT2D eigenvalue weighted by atomic mass is 9.95. The van der Waals surface area contributed by atoms with Gasteiger partial charge < -0.3 is 10.8 Å². The van der Waals surface area contributed by atoms with Crippen LogP contribution in [0, 0.1) is 0 Å².